The maximum atomic E-state index is 12.1. The number of hydrogen-bond donors (Lipinski definition) is 1. The van der Waals surface area contributed by atoms with Gasteiger partial charge in [0.05, 0.1) is 14.2 Å². The normalized spacial score (nSPS) is 17.6. The van der Waals surface area contributed by atoms with Gasteiger partial charge in [-0.25, -0.2) is 4.79 Å². The number of benzene rings is 2. The molecule has 0 fully saturated rings. The maximum Gasteiger partial charge on any atom is 0.343 e. The average molecular weight is 300 g/mol. The zero-order valence-electron chi connectivity index (χ0n) is 12.3. The molecule has 1 aliphatic rings. The molecule has 0 radical (unpaired) electrons. The van der Waals surface area contributed by atoms with Crippen molar-refractivity contribution in [1.29, 1.82) is 0 Å². The van der Waals surface area contributed by atoms with E-state index in [4.69, 9.17) is 14.2 Å². The van der Waals surface area contributed by atoms with Crippen molar-refractivity contribution < 1.29 is 24.1 Å². The molecule has 1 aliphatic heterocycles. The summed E-state index contributed by atoms with van der Waals surface area (Å²) in [6, 6.07) is 12.4. The van der Waals surface area contributed by atoms with Crippen molar-refractivity contribution in [1.82, 2.24) is 0 Å². The second-order valence-corrected chi connectivity index (χ2v) is 4.98. The Morgan fingerprint density at radius 2 is 1.86 bits per heavy atom. The Morgan fingerprint density at radius 3 is 2.50 bits per heavy atom. The Hall–Kier alpha value is -2.53. The van der Waals surface area contributed by atoms with Gasteiger partial charge in [0.2, 0.25) is 0 Å². The molecule has 0 aromatic heterocycles. The summed E-state index contributed by atoms with van der Waals surface area (Å²) in [5, 5.41) is 10.6. The monoisotopic (exact) mass is 300 g/mol. The molecule has 3 rings (SSSR count). The lowest BCUT2D eigenvalue weighted by molar-refractivity contribution is -0.0103. The van der Waals surface area contributed by atoms with Gasteiger partial charge in [0, 0.05) is 11.6 Å². The van der Waals surface area contributed by atoms with Crippen molar-refractivity contribution in [3.05, 3.63) is 59.2 Å². The van der Waals surface area contributed by atoms with Gasteiger partial charge in [0.25, 0.3) is 0 Å². The number of aliphatic hydroxyl groups excluding tert-OH is 1. The molecule has 1 N–H and O–H groups in total. The maximum absolute atomic E-state index is 12.1. The minimum atomic E-state index is -0.955. The van der Waals surface area contributed by atoms with Gasteiger partial charge in [-0.15, -0.1) is 0 Å². The quantitative estimate of drug-likeness (QED) is 0.879. The van der Waals surface area contributed by atoms with Crippen LogP contribution in [0.5, 0.6) is 11.5 Å². The topological polar surface area (TPSA) is 65.0 Å². The molecule has 0 saturated carbocycles. The molecule has 1 heterocycles. The average Bonchev–Trinajstić information content (AvgIpc) is 2.91. The summed E-state index contributed by atoms with van der Waals surface area (Å²) in [5.41, 5.74) is 1.58. The summed E-state index contributed by atoms with van der Waals surface area (Å²) < 4.78 is 15.8. The summed E-state index contributed by atoms with van der Waals surface area (Å²) in [4.78, 5) is 12.1. The second kappa shape index (κ2) is 5.69. The number of esters is 1. The number of methoxy groups -OCH3 is 2. The highest BCUT2D eigenvalue weighted by Crippen LogP contribution is 2.44. The molecule has 0 amide bonds. The molecule has 22 heavy (non-hydrogen) atoms. The van der Waals surface area contributed by atoms with E-state index in [2.05, 4.69) is 0 Å². The number of carbonyl (C=O) groups is 1. The van der Waals surface area contributed by atoms with Crippen molar-refractivity contribution in [2.45, 2.75) is 12.2 Å². The highest BCUT2D eigenvalue weighted by Gasteiger charge is 2.39. The molecule has 0 unspecified atom stereocenters. The van der Waals surface area contributed by atoms with E-state index in [-0.39, 0.29) is 0 Å². The number of rotatable bonds is 4. The van der Waals surface area contributed by atoms with Crippen LogP contribution in [0.3, 0.4) is 0 Å². The lowest BCUT2D eigenvalue weighted by Gasteiger charge is -2.19. The largest absolute Gasteiger partial charge is 0.497 e. The molecule has 2 aromatic rings. The lowest BCUT2D eigenvalue weighted by Crippen LogP contribution is -2.10. The van der Waals surface area contributed by atoms with E-state index in [1.807, 2.05) is 18.2 Å². The fourth-order valence-electron chi connectivity index (χ4n) is 2.63. The van der Waals surface area contributed by atoms with Crippen molar-refractivity contribution >= 4 is 5.97 Å². The molecule has 0 saturated heterocycles. The molecule has 5 heteroatoms. The summed E-state index contributed by atoms with van der Waals surface area (Å²) >= 11 is 0. The Balaban J connectivity index is 2.07. The summed E-state index contributed by atoms with van der Waals surface area (Å²) in [7, 11) is 3.00. The Kier molecular flexibility index (Phi) is 3.73. The van der Waals surface area contributed by atoms with Gasteiger partial charge in [-0.3, -0.25) is 0 Å². The third-order valence-electron chi connectivity index (χ3n) is 3.73. The van der Waals surface area contributed by atoms with E-state index in [1.54, 1.807) is 24.3 Å². The van der Waals surface area contributed by atoms with Crippen molar-refractivity contribution in [2.24, 2.45) is 0 Å². The van der Waals surface area contributed by atoms with Gasteiger partial charge >= 0.3 is 5.97 Å². The van der Waals surface area contributed by atoms with Crippen molar-refractivity contribution in [2.75, 3.05) is 14.2 Å². The lowest BCUT2D eigenvalue weighted by atomic mass is 9.96. The van der Waals surface area contributed by atoms with Crippen LogP contribution in [0.15, 0.2) is 42.5 Å². The van der Waals surface area contributed by atoms with Crippen LogP contribution in [0.1, 0.15) is 33.7 Å². The van der Waals surface area contributed by atoms with Gasteiger partial charge in [-0.1, -0.05) is 30.3 Å². The van der Waals surface area contributed by atoms with E-state index in [1.165, 1.54) is 14.2 Å². The third kappa shape index (κ3) is 2.29. The van der Waals surface area contributed by atoms with E-state index in [9.17, 15) is 9.90 Å². The van der Waals surface area contributed by atoms with Gasteiger partial charge in [0.15, 0.2) is 6.10 Å². The zero-order chi connectivity index (χ0) is 15.7. The standard InChI is InChI=1S/C17H16O5/c1-20-11-8-12-14(13(9-11)21-2)17(19)22-16(12)15(18)10-6-4-3-5-7-10/h3-9,15-16,18H,1-2H3/t15-,16-/m1/s1. The first-order valence-electron chi connectivity index (χ1n) is 6.85. The molecule has 5 nitrogen and oxygen atoms in total. The Labute approximate surface area is 128 Å². The number of fused-ring (bicyclic) bond motifs is 1. The summed E-state index contributed by atoms with van der Waals surface area (Å²) in [6.45, 7) is 0. The predicted octanol–water partition coefficient (Wildman–Crippen LogP) is 2.65. The first kappa shape index (κ1) is 14.4. The number of aliphatic hydroxyl groups is 1. The molecular weight excluding hydrogens is 284 g/mol. The first-order chi connectivity index (χ1) is 10.7. The fraction of sp³-hybridized carbons (Fsp3) is 0.235. The van der Waals surface area contributed by atoms with Gasteiger partial charge < -0.3 is 19.3 Å². The minimum absolute atomic E-state index is 0.336. The number of carbonyl (C=O) groups excluding carboxylic acids is 1. The highest BCUT2D eigenvalue weighted by atomic mass is 16.6. The predicted molar refractivity (Wildman–Crippen MR) is 79.1 cm³/mol. The van der Waals surface area contributed by atoms with E-state index in [0.29, 0.717) is 28.2 Å². The highest BCUT2D eigenvalue weighted by molar-refractivity contribution is 5.97. The molecular formula is C17H16O5. The minimum Gasteiger partial charge on any atom is -0.497 e. The first-order valence-corrected chi connectivity index (χ1v) is 6.85. The molecule has 2 aromatic carbocycles. The third-order valence-corrected chi connectivity index (χ3v) is 3.73. The van der Waals surface area contributed by atoms with Crippen LogP contribution >= 0.6 is 0 Å². The van der Waals surface area contributed by atoms with Gasteiger partial charge in [-0.2, -0.15) is 0 Å². The number of cyclic esters (lactones) is 1. The fourth-order valence-corrected chi connectivity index (χ4v) is 2.63. The summed E-state index contributed by atoms with van der Waals surface area (Å²) in [5.74, 6) is 0.413. The van der Waals surface area contributed by atoms with Crippen molar-refractivity contribution in [3.63, 3.8) is 0 Å². The molecule has 0 bridgehead atoms. The van der Waals surface area contributed by atoms with Crippen LogP contribution in [0.4, 0.5) is 0 Å². The van der Waals surface area contributed by atoms with Gasteiger partial charge in [0.1, 0.15) is 23.2 Å². The van der Waals surface area contributed by atoms with E-state index in [0.717, 1.165) is 0 Å². The number of hydrogen-bond acceptors (Lipinski definition) is 5. The molecule has 0 aliphatic carbocycles. The molecule has 0 spiro atoms. The smallest absolute Gasteiger partial charge is 0.343 e. The van der Waals surface area contributed by atoms with E-state index < -0.39 is 18.2 Å². The van der Waals surface area contributed by atoms with Crippen LogP contribution in [-0.2, 0) is 4.74 Å². The van der Waals surface area contributed by atoms with Crippen LogP contribution in [0.25, 0.3) is 0 Å². The van der Waals surface area contributed by atoms with Crippen LogP contribution in [-0.4, -0.2) is 25.3 Å². The van der Waals surface area contributed by atoms with E-state index >= 15 is 0 Å². The van der Waals surface area contributed by atoms with Crippen LogP contribution < -0.4 is 9.47 Å². The summed E-state index contributed by atoms with van der Waals surface area (Å²) in [6.07, 6.45) is -1.74. The zero-order valence-corrected chi connectivity index (χ0v) is 12.3. The Bertz CT molecular complexity index is 696. The number of ether oxygens (including phenoxy) is 3. The molecule has 2 atom stereocenters. The SMILES string of the molecule is COc1cc(OC)c2c(c1)[C@H]([C@H](O)c1ccccc1)OC2=O. The molecule has 114 valence electrons. The second-order valence-electron chi connectivity index (χ2n) is 4.98. The van der Waals surface area contributed by atoms with Crippen molar-refractivity contribution in [3.8, 4) is 11.5 Å². The van der Waals surface area contributed by atoms with Gasteiger partial charge in [-0.05, 0) is 11.6 Å². The van der Waals surface area contributed by atoms with Crippen LogP contribution in [0, 0.1) is 0 Å². The van der Waals surface area contributed by atoms with Crippen LogP contribution in [0.2, 0.25) is 0 Å². The Morgan fingerprint density at radius 1 is 1.14 bits per heavy atom.